The second kappa shape index (κ2) is 9.70. The van der Waals surface area contributed by atoms with E-state index < -0.39 is 10.0 Å². The Morgan fingerprint density at radius 1 is 1.03 bits per heavy atom. The summed E-state index contributed by atoms with van der Waals surface area (Å²) < 4.78 is 38.5. The van der Waals surface area contributed by atoms with Gasteiger partial charge in [0.1, 0.15) is 11.5 Å². The molecule has 0 bridgehead atoms. The van der Waals surface area contributed by atoms with E-state index in [2.05, 4.69) is 4.72 Å². The maximum absolute atomic E-state index is 13.2. The van der Waals surface area contributed by atoms with Crippen LogP contribution in [0.5, 0.6) is 5.75 Å². The maximum atomic E-state index is 13.2. The summed E-state index contributed by atoms with van der Waals surface area (Å²) in [5, 5.41) is 2.10. The van der Waals surface area contributed by atoms with Crippen molar-refractivity contribution in [3.63, 3.8) is 0 Å². The summed E-state index contributed by atoms with van der Waals surface area (Å²) >= 11 is 0. The van der Waals surface area contributed by atoms with Crippen LogP contribution in [-0.4, -0.2) is 33.4 Å². The van der Waals surface area contributed by atoms with E-state index >= 15 is 0 Å². The van der Waals surface area contributed by atoms with Crippen LogP contribution in [0.3, 0.4) is 0 Å². The number of benzene rings is 3. The minimum Gasteiger partial charge on any atom is -0.497 e. The standard InChI is InChI=1S/C26H26N2O5S/c1-18-6-11-24(34(30,31)27-16-23-5-4-12-33-23)15-25(18)26(29)28(2)17-19-7-8-21-14-22(32-3)10-9-20(21)13-19/h4-15,27H,16-17H2,1-3H3. The molecule has 3 aromatic carbocycles. The summed E-state index contributed by atoms with van der Waals surface area (Å²) in [5.74, 6) is 1.03. The number of aryl methyl sites for hydroxylation is 1. The Labute approximate surface area is 199 Å². The molecule has 1 amide bonds. The minimum atomic E-state index is -3.81. The fourth-order valence-corrected chi connectivity index (χ4v) is 4.73. The molecule has 4 aromatic rings. The van der Waals surface area contributed by atoms with Gasteiger partial charge in [-0.2, -0.15) is 0 Å². The van der Waals surface area contributed by atoms with Gasteiger partial charge in [0, 0.05) is 19.2 Å². The van der Waals surface area contributed by atoms with Crippen molar-refractivity contribution in [1.82, 2.24) is 9.62 Å². The fraction of sp³-hybridized carbons (Fsp3) is 0.192. The van der Waals surface area contributed by atoms with Crippen LogP contribution in [0.2, 0.25) is 0 Å². The van der Waals surface area contributed by atoms with Crippen molar-refractivity contribution >= 4 is 26.7 Å². The lowest BCUT2D eigenvalue weighted by Gasteiger charge is -2.19. The third kappa shape index (κ3) is 5.13. The first-order chi connectivity index (χ1) is 16.3. The Morgan fingerprint density at radius 2 is 1.79 bits per heavy atom. The van der Waals surface area contributed by atoms with Crippen molar-refractivity contribution in [2.45, 2.75) is 24.9 Å². The molecule has 0 fully saturated rings. The number of sulfonamides is 1. The molecule has 0 radical (unpaired) electrons. The summed E-state index contributed by atoms with van der Waals surface area (Å²) in [5.41, 5.74) is 2.01. The van der Waals surface area contributed by atoms with Crippen LogP contribution in [0, 0.1) is 6.92 Å². The number of amides is 1. The molecular weight excluding hydrogens is 452 g/mol. The molecule has 8 heteroatoms. The number of carbonyl (C=O) groups excluding carboxylic acids is 1. The predicted molar refractivity (Wildman–Crippen MR) is 130 cm³/mol. The van der Waals surface area contributed by atoms with E-state index in [9.17, 15) is 13.2 Å². The summed E-state index contributed by atoms with van der Waals surface area (Å²) in [4.78, 5) is 14.8. The summed E-state index contributed by atoms with van der Waals surface area (Å²) in [6.45, 7) is 2.20. The first-order valence-corrected chi connectivity index (χ1v) is 12.2. The van der Waals surface area contributed by atoms with Gasteiger partial charge < -0.3 is 14.1 Å². The zero-order valence-corrected chi connectivity index (χ0v) is 20.1. The lowest BCUT2D eigenvalue weighted by molar-refractivity contribution is 0.0784. The van der Waals surface area contributed by atoms with E-state index in [0.29, 0.717) is 23.4 Å². The summed E-state index contributed by atoms with van der Waals surface area (Å²) in [7, 11) is -0.478. The normalized spacial score (nSPS) is 11.5. The summed E-state index contributed by atoms with van der Waals surface area (Å²) in [6.07, 6.45) is 1.48. The minimum absolute atomic E-state index is 0.0280. The van der Waals surface area contributed by atoms with Crippen molar-refractivity contribution in [2.75, 3.05) is 14.2 Å². The van der Waals surface area contributed by atoms with Crippen LogP contribution in [0.4, 0.5) is 0 Å². The lowest BCUT2D eigenvalue weighted by atomic mass is 10.1. The molecule has 0 unspecified atom stereocenters. The smallest absolute Gasteiger partial charge is 0.254 e. The Bertz CT molecular complexity index is 1430. The van der Waals surface area contributed by atoms with Crippen molar-refractivity contribution in [1.29, 1.82) is 0 Å². The predicted octanol–water partition coefficient (Wildman–Crippen LogP) is 4.50. The van der Waals surface area contributed by atoms with Crippen LogP contribution < -0.4 is 9.46 Å². The molecule has 0 spiro atoms. The third-order valence-electron chi connectivity index (χ3n) is 5.64. The molecule has 176 valence electrons. The first-order valence-electron chi connectivity index (χ1n) is 10.7. The molecule has 34 heavy (non-hydrogen) atoms. The third-order valence-corrected chi connectivity index (χ3v) is 7.04. The Hall–Kier alpha value is -3.62. The molecule has 0 saturated heterocycles. The number of methoxy groups -OCH3 is 1. The van der Waals surface area contributed by atoms with E-state index in [1.807, 2.05) is 36.4 Å². The monoisotopic (exact) mass is 478 g/mol. The number of nitrogens with zero attached hydrogens (tertiary/aromatic N) is 1. The molecule has 1 heterocycles. The highest BCUT2D eigenvalue weighted by atomic mass is 32.2. The van der Waals surface area contributed by atoms with Crippen LogP contribution in [0.15, 0.2) is 82.3 Å². The molecule has 7 nitrogen and oxygen atoms in total. The van der Waals surface area contributed by atoms with Gasteiger partial charge in [0.25, 0.3) is 5.91 Å². The van der Waals surface area contributed by atoms with Gasteiger partial charge >= 0.3 is 0 Å². The molecule has 1 N–H and O–H groups in total. The SMILES string of the molecule is COc1ccc2cc(CN(C)C(=O)c3cc(S(=O)(=O)NCc4ccco4)ccc3C)ccc2c1. The summed E-state index contributed by atoms with van der Waals surface area (Å²) in [6, 6.07) is 19.8. The van der Waals surface area contributed by atoms with Crippen molar-refractivity contribution < 1.29 is 22.4 Å². The second-order valence-electron chi connectivity index (χ2n) is 8.09. The van der Waals surface area contributed by atoms with E-state index in [1.54, 1.807) is 44.2 Å². The highest BCUT2D eigenvalue weighted by molar-refractivity contribution is 7.89. The van der Waals surface area contributed by atoms with Gasteiger partial charge in [-0.1, -0.05) is 24.3 Å². The average Bonchev–Trinajstić information content (AvgIpc) is 3.36. The van der Waals surface area contributed by atoms with Crippen LogP contribution in [0.1, 0.15) is 27.2 Å². The molecule has 0 saturated carbocycles. The van der Waals surface area contributed by atoms with E-state index in [1.165, 1.54) is 18.4 Å². The van der Waals surface area contributed by atoms with Crippen molar-refractivity contribution in [2.24, 2.45) is 0 Å². The van der Waals surface area contributed by atoms with Gasteiger partial charge in [-0.05, 0) is 71.3 Å². The highest BCUT2D eigenvalue weighted by Crippen LogP contribution is 2.23. The van der Waals surface area contributed by atoms with Crippen LogP contribution in [0.25, 0.3) is 10.8 Å². The highest BCUT2D eigenvalue weighted by Gasteiger charge is 2.20. The number of hydrogen-bond acceptors (Lipinski definition) is 5. The largest absolute Gasteiger partial charge is 0.497 e. The number of hydrogen-bond donors (Lipinski definition) is 1. The van der Waals surface area contributed by atoms with Crippen LogP contribution >= 0.6 is 0 Å². The van der Waals surface area contributed by atoms with Gasteiger partial charge in [0.05, 0.1) is 24.8 Å². The molecule has 0 aliphatic heterocycles. The topological polar surface area (TPSA) is 88.8 Å². The lowest BCUT2D eigenvalue weighted by Crippen LogP contribution is -2.28. The molecular formula is C26H26N2O5S. The molecule has 1 aromatic heterocycles. The quantitative estimate of drug-likeness (QED) is 0.403. The Balaban J connectivity index is 1.52. The number of furan rings is 1. The fourth-order valence-electron chi connectivity index (χ4n) is 3.71. The van der Waals surface area contributed by atoms with Gasteiger partial charge in [-0.15, -0.1) is 0 Å². The number of nitrogens with one attached hydrogen (secondary N) is 1. The van der Waals surface area contributed by atoms with Gasteiger partial charge in [-0.25, -0.2) is 13.1 Å². The van der Waals surface area contributed by atoms with Crippen molar-refractivity contribution in [3.05, 3.63) is 95.4 Å². The number of fused-ring (bicyclic) bond motifs is 1. The number of ether oxygens (including phenoxy) is 1. The Morgan fingerprint density at radius 3 is 2.53 bits per heavy atom. The van der Waals surface area contributed by atoms with E-state index in [0.717, 1.165) is 22.1 Å². The number of rotatable bonds is 8. The van der Waals surface area contributed by atoms with Crippen molar-refractivity contribution in [3.8, 4) is 5.75 Å². The first kappa shape index (κ1) is 23.5. The van der Waals surface area contributed by atoms with Gasteiger partial charge in [0.2, 0.25) is 10.0 Å². The van der Waals surface area contributed by atoms with E-state index in [-0.39, 0.29) is 17.3 Å². The average molecular weight is 479 g/mol. The van der Waals surface area contributed by atoms with Gasteiger partial charge in [0.15, 0.2) is 0 Å². The van der Waals surface area contributed by atoms with Crippen LogP contribution in [-0.2, 0) is 23.1 Å². The maximum Gasteiger partial charge on any atom is 0.254 e. The van der Waals surface area contributed by atoms with Gasteiger partial charge in [-0.3, -0.25) is 4.79 Å². The zero-order valence-electron chi connectivity index (χ0n) is 19.2. The molecule has 4 rings (SSSR count). The van der Waals surface area contributed by atoms with E-state index in [4.69, 9.17) is 9.15 Å². The second-order valence-corrected chi connectivity index (χ2v) is 9.86. The number of carbonyl (C=O) groups is 1. The molecule has 0 atom stereocenters. The molecule has 0 aliphatic rings. The zero-order chi connectivity index (χ0) is 24.3. The Kier molecular flexibility index (Phi) is 6.72. The molecule has 0 aliphatic carbocycles.